The van der Waals surface area contributed by atoms with E-state index >= 15 is 0 Å². The number of benzene rings is 1. The molecule has 0 atom stereocenters. The summed E-state index contributed by atoms with van der Waals surface area (Å²) in [6, 6.07) is 9.72. The van der Waals surface area contributed by atoms with Crippen molar-refractivity contribution in [3.8, 4) is 17.1 Å². The fourth-order valence-corrected chi connectivity index (χ4v) is 3.23. The predicted molar refractivity (Wildman–Crippen MR) is 83.8 cm³/mol. The third-order valence-electron chi connectivity index (χ3n) is 3.09. The van der Waals surface area contributed by atoms with Crippen molar-refractivity contribution in [2.75, 3.05) is 7.11 Å². The van der Waals surface area contributed by atoms with Gasteiger partial charge in [-0.25, -0.2) is 9.97 Å². The number of hydrogen-bond donors (Lipinski definition) is 0. The molecule has 5 heteroatoms. The summed E-state index contributed by atoms with van der Waals surface area (Å²) in [4.78, 5) is 11.2. The highest BCUT2D eigenvalue weighted by molar-refractivity contribution is 7.18. The van der Waals surface area contributed by atoms with Gasteiger partial charge < -0.3 is 4.74 Å². The van der Waals surface area contributed by atoms with E-state index in [-0.39, 0.29) is 0 Å². The van der Waals surface area contributed by atoms with E-state index in [1.54, 1.807) is 18.4 Å². The minimum absolute atomic E-state index is 0.511. The van der Waals surface area contributed by atoms with Crippen LogP contribution in [0.5, 0.6) is 5.75 Å². The summed E-state index contributed by atoms with van der Waals surface area (Å²) < 4.78 is 5.15. The highest BCUT2D eigenvalue weighted by Gasteiger charge is 2.11. The van der Waals surface area contributed by atoms with E-state index in [2.05, 4.69) is 23.0 Å². The number of ether oxygens (including phenoxy) is 1. The Morgan fingerprint density at radius 2 is 1.95 bits per heavy atom. The predicted octanol–water partition coefficient (Wildman–Crippen LogP) is 4.58. The number of hydrogen-bond acceptors (Lipinski definition) is 4. The van der Waals surface area contributed by atoms with E-state index in [4.69, 9.17) is 16.3 Å². The minimum atomic E-state index is 0.511. The molecule has 0 bridgehead atoms. The second kappa shape index (κ2) is 5.38. The van der Waals surface area contributed by atoms with Crippen LogP contribution in [-0.2, 0) is 6.42 Å². The number of halogens is 1. The summed E-state index contributed by atoms with van der Waals surface area (Å²) in [7, 11) is 1.65. The Bertz CT molecular complexity index is 752. The highest BCUT2D eigenvalue weighted by atomic mass is 35.5. The van der Waals surface area contributed by atoms with Crippen molar-refractivity contribution >= 4 is 33.2 Å². The zero-order chi connectivity index (χ0) is 14.1. The molecule has 0 amide bonds. The molecule has 3 aromatic rings. The molecular formula is C15H13ClN2OS. The van der Waals surface area contributed by atoms with Crippen LogP contribution < -0.4 is 4.74 Å². The molecule has 2 aromatic heterocycles. The first-order valence-electron chi connectivity index (χ1n) is 6.31. The SMILES string of the molecule is CCc1cc2c(Cl)nc(-c3ccc(OC)cc3)nc2s1. The van der Waals surface area contributed by atoms with Gasteiger partial charge in [-0.15, -0.1) is 11.3 Å². The largest absolute Gasteiger partial charge is 0.497 e. The average Bonchev–Trinajstić information content (AvgIpc) is 2.91. The van der Waals surface area contributed by atoms with Gasteiger partial charge in [-0.1, -0.05) is 18.5 Å². The van der Waals surface area contributed by atoms with Crippen molar-refractivity contribution in [1.29, 1.82) is 0 Å². The summed E-state index contributed by atoms with van der Waals surface area (Å²) in [5.74, 6) is 1.46. The van der Waals surface area contributed by atoms with E-state index in [9.17, 15) is 0 Å². The molecule has 0 unspecified atom stereocenters. The monoisotopic (exact) mass is 304 g/mol. The fraction of sp³-hybridized carbons (Fsp3) is 0.200. The Labute approximate surface area is 126 Å². The van der Waals surface area contributed by atoms with Crippen molar-refractivity contribution < 1.29 is 4.74 Å². The molecule has 0 aliphatic rings. The second-order valence-electron chi connectivity index (χ2n) is 4.35. The molecule has 0 aliphatic carbocycles. The van der Waals surface area contributed by atoms with Crippen LogP contribution in [0.2, 0.25) is 5.15 Å². The molecule has 1 aromatic carbocycles. The van der Waals surface area contributed by atoms with Gasteiger partial charge >= 0.3 is 0 Å². The number of aromatic nitrogens is 2. The van der Waals surface area contributed by atoms with Gasteiger partial charge in [0.05, 0.1) is 7.11 Å². The van der Waals surface area contributed by atoms with E-state index in [1.165, 1.54) is 4.88 Å². The highest BCUT2D eigenvalue weighted by Crippen LogP contribution is 2.31. The first kappa shape index (κ1) is 13.3. The Kier molecular flexibility index (Phi) is 3.59. The van der Waals surface area contributed by atoms with Crippen LogP contribution in [0.3, 0.4) is 0 Å². The Morgan fingerprint density at radius 1 is 1.20 bits per heavy atom. The van der Waals surface area contributed by atoms with Gasteiger partial charge in [0, 0.05) is 15.8 Å². The summed E-state index contributed by atoms with van der Waals surface area (Å²) in [5, 5.41) is 1.45. The number of fused-ring (bicyclic) bond motifs is 1. The van der Waals surface area contributed by atoms with Gasteiger partial charge in [-0.05, 0) is 36.8 Å². The van der Waals surface area contributed by atoms with Gasteiger partial charge in [0.1, 0.15) is 15.7 Å². The molecule has 0 fully saturated rings. The summed E-state index contributed by atoms with van der Waals surface area (Å²) >= 11 is 7.94. The van der Waals surface area contributed by atoms with Crippen LogP contribution in [0.4, 0.5) is 0 Å². The van der Waals surface area contributed by atoms with Crippen molar-refractivity contribution in [1.82, 2.24) is 9.97 Å². The van der Waals surface area contributed by atoms with Gasteiger partial charge in [0.15, 0.2) is 5.82 Å². The third kappa shape index (κ3) is 2.37. The molecule has 0 spiro atoms. The van der Waals surface area contributed by atoms with Crippen LogP contribution in [0.15, 0.2) is 30.3 Å². The van der Waals surface area contributed by atoms with E-state index in [0.717, 1.165) is 28.0 Å². The molecule has 3 rings (SSSR count). The average molecular weight is 305 g/mol. The molecular weight excluding hydrogens is 292 g/mol. The zero-order valence-electron chi connectivity index (χ0n) is 11.2. The molecule has 2 heterocycles. The Hall–Kier alpha value is -1.65. The molecule has 0 N–H and O–H groups in total. The number of thiophene rings is 1. The zero-order valence-corrected chi connectivity index (χ0v) is 12.8. The molecule has 0 radical (unpaired) electrons. The van der Waals surface area contributed by atoms with Crippen LogP contribution in [0.1, 0.15) is 11.8 Å². The number of rotatable bonds is 3. The number of methoxy groups -OCH3 is 1. The lowest BCUT2D eigenvalue weighted by molar-refractivity contribution is 0.415. The smallest absolute Gasteiger partial charge is 0.162 e. The fourth-order valence-electron chi connectivity index (χ4n) is 1.98. The van der Waals surface area contributed by atoms with Crippen LogP contribution in [-0.4, -0.2) is 17.1 Å². The van der Waals surface area contributed by atoms with Gasteiger partial charge in [-0.2, -0.15) is 0 Å². The quantitative estimate of drug-likeness (QED) is 0.664. The Morgan fingerprint density at radius 3 is 2.60 bits per heavy atom. The van der Waals surface area contributed by atoms with Crippen LogP contribution in [0.25, 0.3) is 21.6 Å². The normalized spacial score (nSPS) is 10.9. The lowest BCUT2D eigenvalue weighted by Gasteiger charge is -2.03. The topological polar surface area (TPSA) is 35.0 Å². The lowest BCUT2D eigenvalue weighted by atomic mass is 10.2. The molecule has 0 saturated carbocycles. The third-order valence-corrected chi connectivity index (χ3v) is 4.56. The first-order chi connectivity index (χ1) is 9.71. The van der Waals surface area contributed by atoms with E-state index < -0.39 is 0 Å². The van der Waals surface area contributed by atoms with Crippen molar-refractivity contribution in [2.24, 2.45) is 0 Å². The van der Waals surface area contributed by atoms with Crippen molar-refractivity contribution in [3.05, 3.63) is 40.4 Å². The second-order valence-corrected chi connectivity index (χ2v) is 5.82. The van der Waals surface area contributed by atoms with Crippen molar-refractivity contribution in [2.45, 2.75) is 13.3 Å². The van der Waals surface area contributed by atoms with Gasteiger partial charge in [0.2, 0.25) is 0 Å². The molecule has 0 aliphatic heterocycles. The van der Waals surface area contributed by atoms with Crippen LogP contribution in [0, 0.1) is 0 Å². The summed E-state index contributed by atoms with van der Waals surface area (Å²) in [6.45, 7) is 2.12. The van der Waals surface area contributed by atoms with E-state index in [0.29, 0.717) is 11.0 Å². The maximum Gasteiger partial charge on any atom is 0.162 e. The maximum atomic E-state index is 6.27. The standard InChI is InChI=1S/C15H13ClN2OS/c1-3-11-8-12-13(16)17-14(18-15(12)20-11)9-4-6-10(19-2)7-5-9/h4-8H,3H2,1-2H3. The molecule has 3 nitrogen and oxygen atoms in total. The lowest BCUT2D eigenvalue weighted by Crippen LogP contribution is -1.90. The van der Waals surface area contributed by atoms with Gasteiger partial charge in [0.25, 0.3) is 0 Å². The van der Waals surface area contributed by atoms with E-state index in [1.807, 2.05) is 24.3 Å². The summed E-state index contributed by atoms with van der Waals surface area (Å²) in [5.41, 5.74) is 0.932. The van der Waals surface area contributed by atoms with Gasteiger partial charge in [-0.3, -0.25) is 0 Å². The van der Waals surface area contributed by atoms with Crippen LogP contribution >= 0.6 is 22.9 Å². The Balaban J connectivity index is 2.10. The number of aryl methyl sites for hydroxylation is 1. The molecule has 20 heavy (non-hydrogen) atoms. The molecule has 102 valence electrons. The first-order valence-corrected chi connectivity index (χ1v) is 7.51. The minimum Gasteiger partial charge on any atom is -0.497 e. The molecule has 0 saturated heterocycles. The van der Waals surface area contributed by atoms with Crippen molar-refractivity contribution in [3.63, 3.8) is 0 Å². The number of nitrogens with zero attached hydrogens (tertiary/aromatic N) is 2. The maximum absolute atomic E-state index is 6.27. The summed E-state index contributed by atoms with van der Waals surface area (Å²) in [6.07, 6.45) is 0.981.